The Morgan fingerprint density at radius 1 is 1.16 bits per heavy atom. The van der Waals surface area contributed by atoms with E-state index in [0.717, 1.165) is 19.3 Å². The van der Waals surface area contributed by atoms with Crippen LogP contribution in [0, 0.1) is 11.8 Å². The van der Waals surface area contributed by atoms with Gasteiger partial charge in [-0.3, -0.25) is 9.59 Å². The van der Waals surface area contributed by atoms with Gasteiger partial charge in [0.25, 0.3) is 0 Å². The zero-order chi connectivity index (χ0) is 13.5. The van der Waals surface area contributed by atoms with Crippen LogP contribution in [0.5, 0.6) is 0 Å². The first kappa shape index (κ1) is 18.9. The number of aliphatic hydroxyl groups excluding tert-OH is 1. The molecule has 1 rings (SSSR count). The molecule has 2 atom stereocenters. The molecule has 5 nitrogen and oxygen atoms in total. The topological polar surface area (TPSA) is 72.8 Å². The van der Waals surface area contributed by atoms with Crippen LogP contribution < -0.4 is 0 Å². The summed E-state index contributed by atoms with van der Waals surface area (Å²) in [5.74, 6) is -2.13. The maximum atomic E-state index is 11.9. The SMILES string of the molecule is CCOC(=O)C(C(=O)OCC)C1CCCC(O)C1.[Na]. The van der Waals surface area contributed by atoms with Crippen LogP contribution in [-0.2, 0) is 19.1 Å². The van der Waals surface area contributed by atoms with Crippen molar-refractivity contribution in [1.82, 2.24) is 0 Å². The number of hydrogen-bond acceptors (Lipinski definition) is 5. The average Bonchev–Trinajstić information content (AvgIpc) is 2.30. The molecule has 0 aromatic carbocycles. The smallest absolute Gasteiger partial charge is 0.320 e. The van der Waals surface area contributed by atoms with Gasteiger partial charge in [-0.2, -0.15) is 0 Å². The molecule has 0 heterocycles. The maximum absolute atomic E-state index is 11.9. The monoisotopic (exact) mass is 281 g/mol. The van der Waals surface area contributed by atoms with Crippen molar-refractivity contribution < 1.29 is 24.2 Å². The number of carbonyl (C=O) groups excluding carboxylic acids is 2. The predicted octanol–water partition coefficient (Wildman–Crippen LogP) is 0.899. The van der Waals surface area contributed by atoms with E-state index in [1.165, 1.54) is 0 Å². The zero-order valence-electron chi connectivity index (χ0n) is 12.1. The van der Waals surface area contributed by atoms with E-state index < -0.39 is 24.0 Å². The van der Waals surface area contributed by atoms with Crippen molar-refractivity contribution in [3.63, 3.8) is 0 Å². The van der Waals surface area contributed by atoms with Crippen molar-refractivity contribution in [2.24, 2.45) is 11.8 Å². The molecule has 0 spiro atoms. The fourth-order valence-corrected chi connectivity index (χ4v) is 2.45. The third-order valence-electron chi connectivity index (χ3n) is 3.24. The molecule has 105 valence electrons. The fraction of sp³-hybridized carbons (Fsp3) is 0.846. The van der Waals surface area contributed by atoms with Gasteiger partial charge in [-0.05, 0) is 39.0 Å². The van der Waals surface area contributed by atoms with E-state index in [4.69, 9.17) is 9.47 Å². The molecule has 0 aromatic rings. The molecule has 2 unspecified atom stereocenters. The number of aliphatic hydroxyl groups is 1. The summed E-state index contributed by atoms with van der Waals surface area (Å²) in [5.41, 5.74) is 0. The van der Waals surface area contributed by atoms with E-state index in [1.54, 1.807) is 13.8 Å². The van der Waals surface area contributed by atoms with Gasteiger partial charge in [-0.15, -0.1) is 0 Å². The molecule has 6 heteroatoms. The number of carbonyl (C=O) groups is 2. The Hall–Kier alpha value is -0.100. The molecule has 0 amide bonds. The van der Waals surface area contributed by atoms with Crippen molar-refractivity contribution in [2.45, 2.75) is 45.6 Å². The van der Waals surface area contributed by atoms with Crippen molar-refractivity contribution >= 4 is 41.5 Å². The van der Waals surface area contributed by atoms with Gasteiger partial charge in [0.2, 0.25) is 0 Å². The summed E-state index contributed by atoms with van der Waals surface area (Å²) in [6, 6.07) is 0. The van der Waals surface area contributed by atoms with Crippen LogP contribution in [-0.4, -0.2) is 65.9 Å². The molecule has 19 heavy (non-hydrogen) atoms. The third-order valence-corrected chi connectivity index (χ3v) is 3.24. The Morgan fingerprint density at radius 2 is 1.68 bits per heavy atom. The van der Waals surface area contributed by atoms with Gasteiger partial charge in [0.15, 0.2) is 5.92 Å². The Kier molecular flexibility index (Phi) is 9.70. The van der Waals surface area contributed by atoms with E-state index in [-0.39, 0.29) is 48.7 Å². The molecule has 1 N–H and O–H groups in total. The Balaban J connectivity index is 0.00000324. The molecule has 0 aliphatic heterocycles. The van der Waals surface area contributed by atoms with Crippen LogP contribution in [0.4, 0.5) is 0 Å². The molecule has 1 aliphatic carbocycles. The van der Waals surface area contributed by atoms with E-state index in [9.17, 15) is 14.7 Å². The molecule has 1 saturated carbocycles. The summed E-state index contributed by atoms with van der Waals surface area (Å²) in [6.45, 7) is 3.89. The Labute approximate surface area is 136 Å². The summed E-state index contributed by atoms with van der Waals surface area (Å²) < 4.78 is 9.88. The number of hydrogen-bond donors (Lipinski definition) is 1. The minimum absolute atomic E-state index is 0. The van der Waals surface area contributed by atoms with Gasteiger partial charge in [-0.1, -0.05) is 6.42 Å². The minimum Gasteiger partial charge on any atom is -0.465 e. The Bertz CT molecular complexity index is 277. The molecule has 0 saturated heterocycles. The second kappa shape index (κ2) is 9.75. The van der Waals surface area contributed by atoms with Crippen molar-refractivity contribution in [3.8, 4) is 0 Å². The molecular weight excluding hydrogens is 259 g/mol. The Morgan fingerprint density at radius 3 is 2.11 bits per heavy atom. The van der Waals surface area contributed by atoms with E-state index in [1.807, 2.05) is 0 Å². The summed E-state index contributed by atoms with van der Waals surface area (Å²) in [4.78, 5) is 23.7. The molecule has 1 fully saturated rings. The van der Waals surface area contributed by atoms with E-state index >= 15 is 0 Å². The van der Waals surface area contributed by atoms with Gasteiger partial charge in [0, 0.05) is 29.6 Å². The fourth-order valence-electron chi connectivity index (χ4n) is 2.45. The van der Waals surface area contributed by atoms with Crippen LogP contribution in [0.25, 0.3) is 0 Å². The number of esters is 2. The van der Waals surface area contributed by atoms with Crippen molar-refractivity contribution in [1.29, 1.82) is 0 Å². The molecule has 1 radical (unpaired) electrons. The van der Waals surface area contributed by atoms with Crippen molar-refractivity contribution in [2.75, 3.05) is 13.2 Å². The summed E-state index contributed by atoms with van der Waals surface area (Å²) in [6.07, 6.45) is 2.33. The predicted molar refractivity (Wildman–Crippen MR) is 70.5 cm³/mol. The van der Waals surface area contributed by atoms with Crippen LogP contribution >= 0.6 is 0 Å². The van der Waals surface area contributed by atoms with E-state index in [0.29, 0.717) is 6.42 Å². The first-order chi connectivity index (χ1) is 8.60. The number of ether oxygens (including phenoxy) is 2. The summed E-state index contributed by atoms with van der Waals surface area (Å²) >= 11 is 0. The van der Waals surface area contributed by atoms with Crippen molar-refractivity contribution in [3.05, 3.63) is 0 Å². The van der Waals surface area contributed by atoms with Crippen LogP contribution in [0.2, 0.25) is 0 Å². The largest absolute Gasteiger partial charge is 0.465 e. The first-order valence-corrected chi connectivity index (χ1v) is 6.61. The summed E-state index contributed by atoms with van der Waals surface area (Å²) in [7, 11) is 0. The molecule has 0 aromatic heterocycles. The van der Waals surface area contributed by atoms with Gasteiger partial charge < -0.3 is 14.6 Å². The first-order valence-electron chi connectivity index (χ1n) is 6.61. The third kappa shape index (κ3) is 5.81. The van der Waals surface area contributed by atoms with Gasteiger partial charge in [0.1, 0.15) is 0 Å². The minimum atomic E-state index is -0.889. The molecular formula is C13H22NaO5. The normalized spacial score (nSPS) is 22.5. The number of rotatable bonds is 5. The second-order valence-corrected chi connectivity index (χ2v) is 4.56. The van der Waals surface area contributed by atoms with Crippen LogP contribution in [0.15, 0.2) is 0 Å². The second-order valence-electron chi connectivity index (χ2n) is 4.56. The quantitative estimate of drug-likeness (QED) is 0.460. The molecule has 0 bridgehead atoms. The maximum Gasteiger partial charge on any atom is 0.320 e. The van der Waals surface area contributed by atoms with E-state index in [2.05, 4.69) is 0 Å². The average molecular weight is 281 g/mol. The van der Waals surface area contributed by atoms with Crippen LogP contribution in [0.3, 0.4) is 0 Å². The summed E-state index contributed by atoms with van der Waals surface area (Å²) in [5, 5.41) is 9.65. The molecule has 1 aliphatic rings. The zero-order valence-corrected chi connectivity index (χ0v) is 14.1. The van der Waals surface area contributed by atoms with Gasteiger partial charge >= 0.3 is 11.9 Å². The van der Waals surface area contributed by atoms with Crippen LogP contribution in [0.1, 0.15) is 39.5 Å². The van der Waals surface area contributed by atoms with Gasteiger partial charge in [0.05, 0.1) is 19.3 Å². The van der Waals surface area contributed by atoms with Gasteiger partial charge in [-0.25, -0.2) is 0 Å². The standard InChI is InChI=1S/C13H22O5.Na/c1-3-17-12(15)11(13(16)18-4-2)9-6-5-7-10(14)8-9;/h9-11,14H,3-8H2,1-2H3;.